The van der Waals surface area contributed by atoms with Crippen molar-refractivity contribution in [3.63, 3.8) is 0 Å². The number of aliphatic hydroxyl groups is 1. The Bertz CT molecular complexity index is 461. The number of hydrogen-bond acceptors (Lipinski definition) is 3. The number of halogens is 3. The van der Waals surface area contributed by atoms with Crippen LogP contribution in [-0.4, -0.2) is 48.5 Å². The number of aliphatic hydroxyl groups excluding tert-OH is 1. The fourth-order valence-electron chi connectivity index (χ4n) is 2.67. The molecule has 1 saturated heterocycles. The van der Waals surface area contributed by atoms with Crippen LogP contribution in [0.5, 0.6) is 5.75 Å². The molecule has 1 aliphatic heterocycles. The lowest BCUT2D eigenvalue weighted by atomic mass is 9.97. The molecule has 6 heteroatoms. The molecule has 1 aromatic rings. The first-order valence-corrected chi connectivity index (χ1v) is 7.51. The van der Waals surface area contributed by atoms with Gasteiger partial charge in [-0.05, 0) is 38.4 Å². The van der Waals surface area contributed by atoms with E-state index in [1.165, 1.54) is 0 Å². The highest BCUT2D eigenvalue weighted by atomic mass is 19.4. The molecule has 0 aromatic heterocycles. The van der Waals surface area contributed by atoms with E-state index in [4.69, 9.17) is 4.74 Å². The summed E-state index contributed by atoms with van der Waals surface area (Å²) in [6.45, 7) is 2.81. The molecule has 1 N–H and O–H groups in total. The van der Waals surface area contributed by atoms with E-state index in [1.54, 1.807) is 4.90 Å². The van der Waals surface area contributed by atoms with E-state index in [1.807, 2.05) is 31.2 Å². The molecule has 0 radical (unpaired) electrons. The summed E-state index contributed by atoms with van der Waals surface area (Å²) in [5.74, 6) is -0.636. The zero-order valence-corrected chi connectivity index (χ0v) is 12.6. The third kappa shape index (κ3) is 5.18. The summed E-state index contributed by atoms with van der Waals surface area (Å²) in [6, 6.07) is 7.42. The third-order valence-electron chi connectivity index (χ3n) is 3.90. The third-order valence-corrected chi connectivity index (χ3v) is 3.90. The van der Waals surface area contributed by atoms with Gasteiger partial charge in [-0.2, -0.15) is 13.2 Å². The largest absolute Gasteiger partial charge is 0.491 e. The number of alkyl halides is 3. The van der Waals surface area contributed by atoms with E-state index in [-0.39, 0.29) is 26.1 Å². The molecule has 1 heterocycles. The number of aryl methyl sites for hydroxylation is 1. The number of piperidine rings is 1. The van der Waals surface area contributed by atoms with Crippen LogP contribution in [0, 0.1) is 12.8 Å². The molecular weight excluding hydrogens is 295 g/mol. The van der Waals surface area contributed by atoms with Crippen molar-refractivity contribution >= 4 is 0 Å². The van der Waals surface area contributed by atoms with Gasteiger partial charge in [0.1, 0.15) is 18.5 Å². The van der Waals surface area contributed by atoms with Gasteiger partial charge in [-0.1, -0.05) is 17.7 Å². The number of nitrogens with zero attached hydrogens (tertiary/aromatic N) is 1. The summed E-state index contributed by atoms with van der Waals surface area (Å²) >= 11 is 0. The van der Waals surface area contributed by atoms with Gasteiger partial charge < -0.3 is 14.7 Å². The molecule has 1 aromatic carbocycles. The van der Waals surface area contributed by atoms with E-state index in [0.29, 0.717) is 18.7 Å². The monoisotopic (exact) mass is 317 g/mol. The van der Waals surface area contributed by atoms with Crippen LogP contribution in [0.15, 0.2) is 24.3 Å². The second-order valence-corrected chi connectivity index (χ2v) is 5.92. The lowest BCUT2D eigenvalue weighted by Gasteiger charge is -2.34. The van der Waals surface area contributed by atoms with Gasteiger partial charge in [-0.3, -0.25) is 0 Å². The van der Waals surface area contributed by atoms with E-state index in [0.717, 1.165) is 5.56 Å². The predicted molar refractivity (Wildman–Crippen MR) is 77.9 cm³/mol. The quantitative estimate of drug-likeness (QED) is 0.906. The van der Waals surface area contributed by atoms with Gasteiger partial charge in [0.2, 0.25) is 0 Å². The van der Waals surface area contributed by atoms with Crippen LogP contribution in [0.1, 0.15) is 18.4 Å². The van der Waals surface area contributed by atoms with E-state index in [9.17, 15) is 18.3 Å². The lowest BCUT2D eigenvalue weighted by molar-refractivity contribution is -0.187. The number of hydrogen-bond donors (Lipinski definition) is 1. The average Bonchev–Trinajstić information content (AvgIpc) is 2.46. The molecule has 2 rings (SSSR count). The van der Waals surface area contributed by atoms with E-state index >= 15 is 0 Å². The molecular formula is C16H22F3NO2. The summed E-state index contributed by atoms with van der Waals surface area (Å²) in [5.41, 5.74) is 1.11. The maximum absolute atomic E-state index is 12.7. The number of ether oxygens (including phenoxy) is 1. The molecule has 3 nitrogen and oxygen atoms in total. The maximum atomic E-state index is 12.7. The first-order chi connectivity index (χ1) is 10.3. The van der Waals surface area contributed by atoms with Crippen molar-refractivity contribution in [2.24, 2.45) is 5.92 Å². The van der Waals surface area contributed by atoms with Crippen LogP contribution in [0.2, 0.25) is 0 Å². The van der Waals surface area contributed by atoms with E-state index in [2.05, 4.69) is 0 Å². The van der Waals surface area contributed by atoms with Gasteiger partial charge in [0, 0.05) is 13.1 Å². The number of β-amino-alcohol motifs (C(OH)–C–C–N with tert-alkyl or cyclic N) is 1. The second-order valence-electron chi connectivity index (χ2n) is 5.92. The van der Waals surface area contributed by atoms with Crippen LogP contribution >= 0.6 is 0 Å². The molecule has 0 bridgehead atoms. The fourth-order valence-corrected chi connectivity index (χ4v) is 2.67. The molecule has 2 unspecified atom stereocenters. The van der Waals surface area contributed by atoms with Crippen LogP contribution in [0.3, 0.4) is 0 Å². The molecule has 1 fully saturated rings. The Kier molecular flexibility index (Phi) is 5.69. The molecule has 124 valence electrons. The minimum Gasteiger partial charge on any atom is -0.491 e. The zero-order valence-electron chi connectivity index (χ0n) is 12.6. The van der Waals surface area contributed by atoms with Gasteiger partial charge >= 0.3 is 6.18 Å². The Morgan fingerprint density at radius 3 is 2.64 bits per heavy atom. The topological polar surface area (TPSA) is 32.7 Å². The first kappa shape index (κ1) is 17.1. The molecule has 0 aliphatic carbocycles. The molecule has 1 aliphatic rings. The Morgan fingerprint density at radius 2 is 2.00 bits per heavy atom. The number of likely N-dealkylation sites (tertiary alicyclic amines) is 1. The summed E-state index contributed by atoms with van der Waals surface area (Å²) in [6.07, 6.45) is -4.26. The SMILES string of the molecule is Cc1ccc(OCC(O)CN2CCCC(C(F)(F)F)C2)cc1. The van der Waals surface area contributed by atoms with Gasteiger partial charge in [0.25, 0.3) is 0 Å². The Hall–Kier alpha value is -1.27. The first-order valence-electron chi connectivity index (χ1n) is 7.51. The van der Waals surface area contributed by atoms with Gasteiger partial charge in [0.05, 0.1) is 5.92 Å². The Morgan fingerprint density at radius 1 is 1.32 bits per heavy atom. The smallest absolute Gasteiger partial charge is 0.393 e. The van der Waals surface area contributed by atoms with Gasteiger partial charge in [-0.15, -0.1) is 0 Å². The summed E-state index contributed by atoms with van der Waals surface area (Å²) in [5, 5.41) is 9.96. The van der Waals surface area contributed by atoms with Crippen molar-refractivity contribution in [2.75, 3.05) is 26.2 Å². The van der Waals surface area contributed by atoms with E-state index < -0.39 is 18.2 Å². The number of benzene rings is 1. The lowest BCUT2D eigenvalue weighted by Crippen LogP contribution is -2.45. The molecule has 0 saturated carbocycles. The van der Waals surface area contributed by atoms with Crippen LogP contribution in [0.25, 0.3) is 0 Å². The normalized spacial score (nSPS) is 21.6. The summed E-state index contributed by atoms with van der Waals surface area (Å²) in [4.78, 5) is 1.67. The molecule has 0 amide bonds. The highest BCUT2D eigenvalue weighted by Gasteiger charge is 2.41. The van der Waals surface area contributed by atoms with Crippen molar-refractivity contribution in [3.05, 3.63) is 29.8 Å². The Labute approximate surface area is 128 Å². The molecule has 0 spiro atoms. The van der Waals surface area contributed by atoms with Crippen LogP contribution < -0.4 is 4.74 Å². The van der Waals surface area contributed by atoms with Crippen molar-refractivity contribution in [2.45, 2.75) is 32.0 Å². The fraction of sp³-hybridized carbons (Fsp3) is 0.625. The minimum atomic E-state index is -4.15. The molecule has 2 atom stereocenters. The standard InChI is InChI=1S/C16H22F3NO2/c1-12-4-6-15(7-5-12)22-11-14(21)10-20-8-2-3-13(9-20)16(17,18)19/h4-7,13-14,21H,2-3,8-11H2,1H3. The highest BCUT2D eigenvalue weighted by Crippen LogP contribution is 2.33. The maximum Gasteiger partial charge on any atom is 0.393 e. The van der Waals surface area contributed by atoms with Crippen LogP contribution in [0.4, 0.5) is 13.2 Å². The average molecular weight is 317 g/mol. The van der Waals surface area contributed by atoms with Gasteiger partial charge in [0.15, 0.2) is 0 Å². The predicted octanol–water partition coefficient (Wildman–Crippen LogP) is 3.01. The number of rotatable bonds is 5. The van der Waals surface area contributed by atoms with Crippen molar-refractivity contribution in [1.82, 2.24) is 4.90 Å². The van der Waals surface area contributed by atoms with Crippen molar-refractivity contribution in [3.8, 4) is 5.75 Å². The van der Waals surface area contributed by atoms with Crippen molar-refractivity contribution in [1.29, 1.82) is 0 Å². The van der Waals surface area contributed by atoms with Gasteiger partial charge in [-0.25, -0.2) is 0 Å². The highest BCUT2D eigenvalue weighted by molar-refractivity contribution is 5.26. The second kappa shape index (κ2) is 7.33. The van der Waals surface area contributed by atoms with Crippen LogP contribution in [-0.2, 0) is 0 Å². The minimum absolute atomic E-state index is 0.0366. The summed E-state index contributed by atoms with van der Waals surface area (Å²) in [7, 11) is 0. The Balaban J connectivity index is 1.76. The zero-order chi connectivity index (χ0) is 16.2. The van der Waals surface area contributed by atoms with Crippen molar-refractivity contribution < 1.29 is 23.0 Å². The molecule has 22 heavy (non-hydrogen) atoms. The summed E-state index contributed by atoms with van der Waals surface area (Å²) < 4.78 is 43.7.